The van der Waals surface area contributed by atoms with Crippen molar-refractivity contribution < 1.29 is 17.8 Å². The van der Waals surface area contributed by atoms with E-state index in [0.717, 1.165) is 0 Å². The van der Waals surface area contributed by atoms with Gasteiger partial charge in [-0.2, -0.15) is 8.42 Å². The van der Waals surface area contributed by atoms with Gasteiger partial charge in [-0.05, 0) is 26.0 Å². The molecule has 0 atom stereocenters. The Kier molecular flexibility index (Phi) is 5.62. The van der Waals surface area contributed by atoms with E-state index in [2.05, 4.69) is 4.98 Å². The van der Waals surface area contributed by atoms with Gasteiger partial charge in [-0.1, -0.05) is 0 Å². The Morgan fingerprint density at radius 1 is 1.56 bits per heavy atom. The maximum atomic E-state index is 10.6. The molecule has 0 fully saturated rings. The Labute approximate surface area is 94.2 Å². The standard InChI is InChI=1S/C7H8N2O.C2H6O3S/c1-5-6(7(8)10)3-2-4-9-5;1-2-6(3,4)5/h2-4H,1H3,(H2,8,10);2H2,1H3,(H,3,4,5). The summed E-state index contributed by atoms with van der Waals surface area (Å²) in [6, 6.07) is 3.34. The maximum Gasteiger partial charge on any atom is 0.264 e. The van der Waals surface area contributed by atoms with Crippen LogP contribution in [-0.2, 0) is 10.1 Å². The van der Waals surface area contributed by atoms with Gasteiger partial charge in [-0.3, -0.25) is 14.3 Å². The van der Waals surface area contributed by atoms with Crippen LogP contribution in [0.25, 0.3) is 0 Å². The van der Waals surface area contributed by atoms with Crippen molar-refractivity contribution in [2.75, 3.05) is 5.75 Å². The molecule has 3 N–H and O–H groups in total. The van der Waals surface area contributed by atoms with Crippen molar-refractivity contribution in [2.45, 2.75) is 13.8 Å². The highest BCUT2D eigenvalue weighted by molar-refractivity contribution is 7.85. The number of hydrogen-bond donors (Lipinski definition) is 2. The number of carbonyl (C=O) groups excluding carboxylic acids is 1. The van der Waals surface area contributed by atoms with Gasteiger partial charge < -0.3 is 5.73 Å². The van der Waals surface area contributed by atoms with Gasteiger partial charge in [0, 0.05) is 11.9 Å². The molecule has 1 aromatic rings. The van der Waals surface area contributed by atoms with Gasteiger partial charge in [0.2, 0.25) is 0 Å². The molecular formula is C9H14N2O4S. The van der Waals surface area contributed by atoms with Gasteiger partial charge in [0.05, 0.1) is 11.3 Å². The number of hydrogen-bond acceptors (Lipinski definition) is 4. The summed E-state index contributed by atoms with van der Waals surface area (Å²) in [4.78, 5) is 14.5. The van der Waals surface area contributed by atoms with Crippen LogP contribution in [0, 0.1) is 6.92 Å². The van der Waals surface area contributed by atoms with E-state index in [1.807, 2.05) is 0 Å². The van der Waals surface area contributed by atoms with Crippen molar-refractivity contribution in [1.82, 2.24) is 4.98 Å². The number of primary amides is 1. The number of nitrogens with two attached hydrogens (primary N) is 1. The monoisotopic (exact) mass is 246 g/mol. The molecule has 0 aliphatic carbocycles. The molecule has 1 aromatic heterocycles. The maximum absolute atomic E-state index is 10.6. The fraction of sp³-hybridized carbons (Fsp3) is 0.333. The largest absolute Gasteiger partial charge is 0.366 e. The van der Waals surface area contributed by atoms with Gasteiger partial charge in [0.1, 0.15) is 0 Å². The first-order valence-corrected chi connectivity index (χ1v) is 6.05. The zero-order valence-electron chi connectivity index (χ0n) is 9.04. The topological polar surface area (TPSA) is 110 Å². The third-order valence-electron chi connectivity index (χ3n) is 1.64. The Morgan fingerprint density at radius 3 is 2.31 bits per heavy atom. The van der Waals surface area contributed by atoms with Crippen LogP contribution in [0.4, 0.5) is 0 Å². The lowest BCUT2D eigenvalue weighted by Gasteiger charge is -1.96. The minimum absolute atomic E-state index is 0.201. The fourth-order valence-electron chi connectivity index (χ4n) is 0.745. The third-order valence-corrected chi connectivity index (χ3v) is 2.37. The third kappa shape index (κ3) is 6.10. The van der Waals surface area contributed by atoms with Crippen molar-refractivity contribution in [3.63, 3.8) is 0 Å². The summed E-state index contributed by atoms with van der Waals surface area (Å²) in [5.74, 6) is -0.627. The van der Waals surface area contributed by atoms with Crippen LogP contribution in [0.2, 0.25) is 0 Å². The van der Waals surface area contributed by atoms with Crippen molar-refractivity contribution in [3.8, 4) is 0 Å². The van der Waals surface area contributed by atoms with Crippen LogP contribution in [-0.4, -0.2) is 29.6 Å². The predicted octanol–water partition coefficient (Wildman–Crippen LogP) is 0.383. The molecule has 0 unspecified atom stereocenters. The molecule has 16 heavy (non-hydrogen) atoms. The van der Waals surface area contributed by atoms with Gasteiger partial charge in [0.15, 0.2) is 0 Å². The highest BCUT2D eigenvalue weighted by Crippen LogP contribution is 2.00. The van der Waals surface area contributed by atoms with Crippen molar-refractivity contribution in [1.29, 1.82) is 0 Å². The van der Waals surface area contributed by atoms with Gasteiger partial charge in [0.25, 0.3) is 16.0 Å². The lowest BCUT2D eigenvalue weighted by molar-refractivity contribution is 0.0999. The highest BCUT2D eigenvalue weighted by Gasteiger charge is 2.02. The molecule has 90 valence electrons. The summed E-state index contributed by atoms with van der Waals surface area (Å²) in [5.41, 5.74) is 6.20. The minimum Gasteiger partial charge on any atom is -0.366 e. The quantitative estimate of drug-likeness (QED) is 0.733. The van der Waals surface area contributed by atoms with Crippen molar-refractivity contribution >= 4 is 16.0 Å². The van der Waals surface area contributed by atoms with E-state index in [1.165, 1.54) is 6.92 Å². The van der Waals surface area contributed by atoms with Crippen LogP contribution in [0.3, 0.4) is 0 Å². The second-order valence-electron chi connectivity index (χ2n) is 2.87. The lowest BCUT2D eigenvalue weighted by atomic mass is 10.2. The second kappa shape index (κ2) is 6.19. The van der Waals surface area contributed by atoms with E-state index in [0.29, 0.717) is 11.3 Å². The number of aryl methyl sites for hydroxylation is 1. The Bertz CT molecular complexity index is 456. The molecule has 1 rings (SSSR count). The zero-order chi connectivity index (χ0) is 12.8. The summed E-state index contributed by atoms with van der Waals surface area (Å²) < 4.78 is 26.9. The zero-order valence-corrected chi connectivity index (χ0v) is 9.86. The summed E-state index contributed by atoms with van der Waals surface area (Å²) in [6.07, 6.45) is 1.63. The number of carbonyl (C=O) groups is 1. The Morgan fingerprint density at radius 2 is 2.06 bits per heavy atom. The molecule has 7 heteroatoms. The normalized spacial score (nSPS) is 10.2. The van der Waals surface area contributed by atoms with E-state index in [-0.39, 0.29) is 5.75 Å². The molecule has 0 aliphatic heterocycles. The van der Waals surface area contributed by atoms with E-state index in [4.69, 9.17) is 10.3 Å². The smallest absolute Gasteiger partial charge is 0.264 e. The van der Waals surface area contributed by atoms with Crippen molar-refractivity contribution in [3.05, 3.63) is 29.6 Å². The van der Waals surface area contributed by atoms with Gasteiger partial charge in [-0.25, -0.2) is 0 Å². The number of amides is 1. The summed E-state index contributed by atoms with van der Waals surface area (Å²) in [6.45, 7) is 3.12. The Hall–Kier alpha value is -1.47. The van der Waals surface area contributed by atoms with Crippen LogP contribution >= 0.6 is 0 Å². The first-order valence-electron chi connectivity index (χ1n) is 4.44. The first-order chi connectivity index (χ1) is 7.28. The van der Waals surface area contributed by atoms with Gasteiger partial charge in [-0.15, -0.1) is 0 Å². The average molecular weight is 246 g/mol. The van der Waals surface area contributed by atoms with Crippen LogP contribution < -0.4 is 5.73 Å². The molecular weight excluding hydrogens is 232 g/mol. The molecule has 0 aliphatic rings. The molecule has 0 saturated heterocycles. The molecule has 1 heterocycles. The summed E-state index contributed by atoms with van der Waals surface area (Å²) in [7, 11) is -3.66. The molecule has 0 spiro atoms. The van der Waals surface area contributed by atoms with E-state index < -0.39 is 16.0 Å². The highest BCUT2D eigenvalue weighted by atomic mass is 32.2. The summed E-state index contributed by atoms with van der Waals surface area (Å²) in [5, 5.41) is 0. The fourth-order valence-corrected chi connectivity index (χ4v) is 0.745. The Balaban J connectivity index is 0.000000325. The number of nitrogens with zero attached hydrogens (tertiary/aromatic N) is 1. The predicted molar refractivity (Wildman–Crippen MR) is 59.6 cm³/mol. The van der Waals surface area contributed by atoms with E-state index in [1.54, 1.807) is 25.3 Å². The lowest BCUT2D eigenvalue weighted by Crippen LogP contribution is -2.12. The van der Waals surface area contributed by atoms with Gasteiger partial charge >= 0.3 is 0 Å². The molecule has 1 amide bonds. The molecule has 0 aromatic carbocycles. The van der Waals surface area contributed by atoms with E-state index >= 15 is 0 Å². The summed E-state index contributed by atoms with van der Waals surface area (Å²) >= 11 is 0. The molecule has 6 nitrogen and oxygen atoms in total. The van der Waals surface area contributed by atoms with Crippen LogP contribution in [0.15, 0.2) is 18.3 Å². The van der Waals surface area contributed by atoms with Crippen molar-refractivity contribution in [2.24, 2.45) is 5.73 Å². The second-order valence-corrected chi connectivity index (χ2v) is 4.61. The van der Waals surface area contributed by atoms with Crippen LogP contribution in [0.5, 0.6) is 0 Å². The van der Waals surface area contributed by atoms with E-state index in [9.17, 15) is 13.2 Å². The molecule has 0 saturated carbocycles. The van der Waals surface area contributed by atoms with Crippen LogP contribution in [0.1, 0.15) is 23.0 Å². The minimum atomic E-state index is -3.66. The molecule has 0 bridgehead atoms. The number of aromatic nitrogens is 1. The average Bonchev–Trinajstić information content (AvgIpc) is 2.18. The SMILES string of the molecule is CCS(=O)(=O)O.Cc1ncccc1C(N)=O. The first kappa shape index (κ1) is 14.5. The number of pyridine rings is 1. The molecule has 0 radical (unpaired) electrons. The number of rotatable bonds is 2.